The van der Waals surface area contributed by atoms with Crippen LogP contribution < -0.4 is 20.5 Å². The molecule has 0 radical (unpaired) electrons. The van der Waals surface area contributed by atoms with Crippen molar-refractivity contribution < 1.29 is 9.47 Å². The van der Waals surface area contributed by atoms with Crippen molar-refractivity contribution in [3.05, 3.63) is 60.9 Å². The lowest BCUT2D eigenvalue weighted by atomic mass is 10.1. The fourth-order valence-corrected chi connectivity index (χ4v) is 2.90. The van der Waals surface area contributed by atoms with Crippen LogP contribution in [-0.2, 0) is 0 Å². The third-order valence-electron chi connectivity index (χ3n) is 4.06. The van der Waals surface area contributed by atoms with Gasteiger partial charge in [-0.15, -0.1) is 0 Å². The van der Waals surface area contributed by atoms with Gasteiger partial charge in [0.25, 0.3) is 0 Å². The van der Waals surface area contributed by atoms with Crippen LogP contribution in [-0.4, -0.2) is 23.3 Å². The Balaban J connectivity index is 1.36. The molecule has 3 N–H and O–H groups in total. The Kier molecular flexibility index (Phi) is 6.82. The number of anilines is 1. The first-order valence-electron chi connectivity index (χ1n) is 8.97. The highest BCUT2D eigenvalue weighted by Gasteiger charge is 2.02. The maximum Gasteiger partial charge on any atom is 0.168 e. The molecule has 0 aliphatic carbocycles. The Morgan fingerprint density at radius 3 is 2.67 bits per heavy atom. The lowest BCUT2D eigenvalue weighted by Gasteiger charge is -2.10. The van der Waals surface area contributed by atoms with Crippen LogP contribution >= 0.6 is 12.2 Å². The van der Waals surface area contributed by atoms with Gasteiger partial charge in [0, 0.05) is 34.9 Å². The van der Waals surface area contributed by atoms with Gasteiger partial charge in [-0.1, -0.05) is 18.2 Å². The molecule has 1 aromatic heterocycles. The zero-order valence-electron chi connectivity index (χ0n) is 15.1. The fourth-order valence-electron chi connectivity index (χ4n) is 2.78. The van der Waals surface area contributed by atoms with Gasteiger partial charge in [0.2, 0.25) is 0 Å². The molecule has 0 aliphatic heterocycles. The van der Waals surface area contributed by atoms with E-state index in [2.05, 4.69) is 10.3 Å². The molecule has 0 saturated carbocycles. The van der Waals surface area contributed by atoms with Gasteiger partial charge in [-0.25, -0.2) is 0 Å². The first-order valence-corrected chi connectivity index (χ1v) is 9.38. The number of aromatic nitrogens is 1. The monoisotopic (exact) mass is 381 g/mol. The average molecular weight is 382 g/mol. The largest absolute Gasteiger partial charge is 0.494 e. The van der Waals surface area contributed by atoms with E-state index in [-0.39, 0.29) is 5.11 Å². The highest BCUT2D eigenvalue weighted by atomic mass is 32.1. The second-order valence-corrected chi connectivity index (χ2v) is 6.57. The molecular formula is C21H23N3O2S. The van der Waals surface area contributed by atoms with Gasteiger partial charge in [-0.2, -0.15) is 0 Å². The van der Waals surface area contributed by atoms with Crippen molar-refractivity contribution in [2.45, 2.75) is 19.3 Å². The van der Waals surface area contributed by atoms with E-state index in [1.54, 1.807) is 6.20 Å². The lowest BCUT2D eigenvalue weighted by molar-refractivity contribution is 0.281. The number of nitrogens with zero attached hydrogens (tertiary/aromatic N) is 1. The Hall–Kier alpha value is -2.86. The van der Waals surface area contributed by atoms with Crippen LogP contribution in [0.1, 0.15) is 19.3 Å². The van der Waals surface area contributed by atoms with Gasteiger partial charge in [-0.05, 0) is 55.7 Å². The molecule has 0 saturated heterocycles. The number of nitrogens with two attached hydrogens (primary N) is 1. The smallest absolute Gasteiger partial charge is 0.168 e. The van der Waals surface area contributed by atoms with Crippen LogP contribution in [0.25, 0.3) is 10.8 Å². The van der Waals surface area contributed by atoms with Crippen molar-refractivity contribution in [3.63, 3.8) is 0 Å². The van der Waals surface area contributed by atoms with E-state index in [1.165, 1.54) is 0 Å². The topological polar surface area (TPSA) is 69.4 Å². The molecule has 6 heteroatoms. The highest BCUT2D eigenvalue weighted by molar-refractivity contribution is 7.80. The Labute approximate surface area is 164 Å². The summed E-state index contributed by atoms with van der Waals surface area (Å²) in [5.41, 5.74) is 6.31. The van der Waals surface area contributed by atoms with Crippen LogP contribution in [0.4, 0.5) is 5.69 Å². The molecule has 0 spiro atoms. The summed E-state index contributed by atoms with van der Waals surface area (Å²) in [5.74, 6) is 1.71. The molecule has 5 nitrogen and oxygen atoms in total. The van der Waals surface area contributed by atoms with E-state index >= 15 is 0 Å². The summed E-state index contributed by atoms with van der Waals surface area (Å²) in [6, 6.07) is 15.6. The van der Waals surface area contributed by atoms with Gasteiger partial charge < -0.3 is 20.5 Å². The summed E-state index contributed by atoms with van der Waals surface area (Å²) in [5, 5.41) is 5.34. The number of fused-ring (bicyclic) bond motifs is 1. The minimum Gasteiger partial charge on any atom is -0.494 e. The SMILES string of the molecule is NC(=S)Nc1cccc(OCCCCCOc2cccc3cnccc23)c1. The predicted molar refractivity (Wildman–Crippen MR) is 113 cm³/mol. The summed E-state index contributed by atoms with van der Waals surface area (Å²) in [6.45, 7) is 1.35. The molecule has 0 atom stereocenters. The molecule has 1 heterocycles. The van der Waals surface area contributed by atoms with Gasteiger partial charge in [0.05, 0.1) is 13.2 Å². The quantitative estimate of drug-likeness (QED) is 0.420. The number of hydrogen-bond acceptors (Lipinski definition) is 4. The number of ether oxygens (including phenoxy) is 2. The summed E-state index contributed by atoms with van der Waals surface area (Å²) in [6.07, 6.45) is 6.63. The summed E-state index contributed by atoms with van der Waals surface area (Å²) in [4.78, 5) is 4.14. The first kappa shape index (κ1) is 18.9. The highest BCUT2D eigenvalue weighted by Crippen LogP contribution is 2.24. The molecule has 0 fully saturated rings. The normalized spacial score (nSPS) is 10.5. The van der Waals surface area contributed by atoms with Crippen molar-refractivity contribution in [1.29, 1.82) is 0 Å². The van der Waals surface area contributed by atoms with E-state index in [1.807, 2.05) is 54.7 Å². The molecular weight excluding hydrogens is 358 g/mol. The number of benzene rings is 2. The van der Waals surface area contributed by atoms with E-state index < -0.39 is 0 Å². The Morgan fingerprint density at radius 1 is 1.00 bits per heavy atom. The van der Waals surface area contributed by atoms with E-state index in [0.29, 0.717) is 13.2 Å². The molecule has 3 aromatic rings. The molecule has 2 aromatic carbocycles. The second kappa shape index (κ2) is 9.73. The summed E-state index contributed by atoms with van der Waals surface area (Å²) in [7, 11) is 0. The molecule has 0 amide bonds. The third kappa shape index (κ3) is 5.82. The number of hydrogen-bond donors (Lipinski definition) is 2. The minimum absolute atomic E-state index is 0.245. The first-order chi connectivity index (χ1) is 13.2. The fraction of sp³-hybridized carbons (Fsp3) is 0.238. The molecule has 0 unspecified atom stereocenters. The van der Waals surface area contributed by atoms with Crippen LogP contribution in [0.3, 0.4) is 0 Å². The van der Waals surface area contributed by atoms with Gasteiger partial charge in [0.15, 0.2) is 5.11 Å². The van der Waals surface area contributed by atoms with E-state index in [4.69, 9.17) is 27.4 Å². The average Bonchev–Trinajstić information content (AvgIpc) is 2.67. The summed E-state index contributed by atoms with van der Waals surface area (Å²) < 4.78 is 11.7. The van der Waals surface area contributed by atoms with Gasteiger partial charge >= 0.3 is 0 Å². The zero-order chi connectivity index (χ0) is 18.9. The van der Waals surface area contributed by atoms with Crippen molar-refractivity contribution in [1.82, 2.24) is 4.98 Å². The molecule has 0 aliphatic rings. The van der Waals surface area contributed by atoms with Crippen molar-refractivity contribution in [2.24, 2.45) is 5.73 Å². The maximum absolute atomic E-state index is 5.94. The predicted octanol–water partition coefficient (Wildman–Crippen LogP) is 4.52. The standard InChI is InChI=1S/C21H23N3O2S/c22-21(27)24-17-7-5-8-18(14-17)25-12-2-1-3-13-26-20-9-4-6-16-15-23-11-10-19(16)20/h4-11,14-15H,1-3,12-13H2,(H3,22,24,27). The second-order valence-electron chi connectivity index (χ2n) is 6.13. The van der Waals surface area contributed by atoms with Gasteiger partial charge in [0.1, 0.15) is 11.5 Å². The maximum atomic E-state index is 5.94. The summed E-state index contributed by atoms with van der Waals surface area (Å²) >= 11 is 4.84. The van der Waals surface area contributed by atoms with Crippen LogP contribution in [0, 0.1) is 0 Å². The van der Waals surface area contributed by atoms with Crippen LogP contribution in [0.15, 0.2) is 60.9 Å². The number of unbranched alkanes of at least 4 members (excludes halogenated alkanes) is 2. The zero-order valence-corrected chi connectivity index (χ0v) is 15.9. The minimum atomic E-state index is 0.245. The number of rotatable bonds is 9. The molecule has 3 rings (SSSR count). The molecule has 140 valence electrons. The van der Waals surface area contributed by atoms with E-state index in [0.717, 1.165) is 47.2 Å². The van der Waals surface area contributed by atoms with Crippen LogP contribution in [0.5, 0.6) is 11.5 Å². The number of pyridine rings is 1. The Morgan fingerprint density at radius 2 is 1.81 bits per heavy atom. The lowest BCUT2D eigenvalue weighted by Crippen LogP contribution is -2.18. The Bertz CT molecular complexity index is 896. The van der Waals surface area contributed by atoms with Crippen LogP contribution in [0.2, 0.25) is 0 Å². The molecule has 0 bridgehead atoms. The number of thiocarbonyl (C=S) groups is 1. The number of nitrogens with one attached hydrogen (secondary N) is 1. The van der Waals surface area contributed by atoms with Crippen molar-refractivity contribution in [2.75, 3.05) is 18.5 Å². The van der Waals surface area contributed by atoms with Gasteiger partial charge in [-0.3, -0.25) is 4.98 Å². The molecule has 27 heavy (non-hydrogen) atoms. The van der Waals surface area contributed by atoms with Crippen molar-refractivity contribution in [3.8, 4) is 11.5 Å². The van der Waals surface area contributed by atoms with E-state index in [9.17, 15) is 0 Å². The third-order valence-corrected chi connectivity index (χ3v) is 4.16. The van der Waals surface area contributed by atoms with Crippen molar-refractivity contribution >= 4 is 33.8 Å².